The summed E-state index contributed by atoms with van der Waals surface area (Å²) in [5.74, 6) is -0.644. The number of thiophene rings is 1. The molecule has 0 saturated heterocycles. The summed E-state index contributed by atoms with van der Waals surface area (Å²) in [5, 5.41) is 4.92. The molecular formula is C16H19ClN2O3S2. The van der Waals surface area contributed by atoms with Crippen LogP contribution in [0.25, 0.3) is 0 Å². The van der Waals surface area contributed by atoms with Gasteiger partial charge in [-0.2, -0.15) is 4.72 Å². The van der Waals surface area contributed by atoms with Crippen LogP contribution in [0.5, 0.6) is 0 Å². The molecule has 130 valence electrons. The Balaban J connectivity index is 2.21. The van der Waals surface area contributed by atoms with Crippen molar-refractivity contribution in [1.29, 1.82) is 0 Å². The fourth-order valence-corrected chi connectivity index (χ4v) is 4.60. The van der Waals surface area contributed by atoms with Gasteiger partial charge in [0.15, 0.2) is 0 Å². The standard InChI is InChI=1S/C16H19ClN2O3S2/c1-10(2)15(19-24(21,22)14-5-4-8-23-14)16(20)18-13-9-12(17)7-6-11(13)3/h4-10,15,19H,1-3H3,(H,18,20). The van der Waals surface area contributed by atoms with Crippen LogP contribution in [0.3, 0.4) is 0 Å². The molecule has 2 rings (SSSR count). The first-order chi connectivity index (χ1) is 11.2. The van der Waals surface area contributed by atoms with Crippen LogP contribution in [0.15, 0.2) is 39.9 Å². The zero-order valence-corrected chi connectivity index (χ0v) is 15.9. The lowest BCUT2D eigenvalue weighted by atomic mass is 10.0. The van der Waals surface area contributed by atoms with Crippen LogP contribution in [-0.2, 0) is 14.8 Å². The summed E-state index contributed by atoms with van der Waals surface area (Å²) in [7, 11) is -3.74. The summed E-state index contributed by atoms with van der Waals surface area (Å²) in [6.45, 7) is 5.41. The van der Waals surface area contributed by atoms with Gasteiger partial charge in [0, 0.05) is 10.7 Å². The summed E-state index contributed by atoms with van der Waals surface area (Å²) < 4.78 is 27.4. The van der Waals surface area contributed by atoms with E-state index in [-0.39, 0.29) is 10.1 Å². The quantitative estimate of drug-likeness (QED) is 0.795. The molecule has 1 aromatic carbocycles. The molecule has 1 aromatic heterocycles. The molecule has 0 spiro atoms. The number of carbonyl (C=O) groups is 1. The van der Waals surface area contributed by atoms with Crippen LogP contribution >= 0.6 is 22.9 Å². The summed E-state index contributed by atoms with van der Waals surface area (Å²) in [6, 6.07) is 7.42. The maximum absolute atomic E-state index is 12.6. The highest BCUT2D eigenvalue weighted by molar-refractivity contribution is 7.91. The van der Waals surface area contributed by atoms with Crippen molar-refractivity contribution in [3.8, 4) is 0 Å². The lowest BCUT2D eigenvalue weighted by molar-refractivity contribution is -0.118. The van der Waals surface area contributed by atoms with Crippen molar-refractivity contribution in [1.82, 2.24) is 4.72 Å². The number of benzene rings is 1. The fraction of sp³-hybridized carbons (Fsp3) is 0.312. The number of anilines is 1. The maximum atomic E-state index is 12.6. The van der Waals surface area contributed by atoms with Gasteiger partial charge >= 0.3 is 0 Å². The summed E-state index contributed by atoms with van der Waals surface area (Å²) in [5.41, 5.74) is 1.41. The SMILES string of the molecule is Cc1ccc(Cl)cc1NC(=O)C(NS(=O)(=O)c1cccs1)C(C)C. The van der Waals surface area contributed by atoms with E-state index < -0.39 is 22.0 Å². The van der Waals surface area contributed by atoms with Gasteiger partial charge in [-0.3, -0.25) is 4.79 Å². The molecule has 0 saturated carbocycles. The third kappa shape index (κ3) is 4.57. The molecule has 5 nitrogen and oxygen atoms in total. The predicted molar refractivity (Wildman–Crippen MR) is 98.1 cm³/mol. The van der Waals surface area contributed by atoms with Crippen LogP contribution in [0.4, 0.5) is 5.69 Å². The van der Waals surface area contributed by atoms with Crippen molar-refractivity contribution in [2.45, 2.75) is 31.0 Å². The fourth-order valence-electron chi connectivity index (χ4n) is 2.07. The Labute approximate surface area is 151 Å². The molecule has 2 aromatic rings. The number of halogens is 1. The van der Waals surface area contributed by atoms with E-state index >= 15 is 0 Å². The number of sulfonamides is 1. The molecule has 0 radical (unpaired) electrons. The highest BCUT2D eigenvalue weighted by Crippen LogP contribution is 2.22. The van der Waals surface area contributed by atoms with Gasteiger partial charge in [0.1, 0.15) is 10.3 Å². The van der Waals surface area contributed by atoms with Crippen LogP contribution in [0, 0.1) is 12.8 Å². The molecule has 0 aliphatic carbocycles. The van der Waals surface area contributed by atoms with Crippen LogP contribution < -0.4 is 10.0 Å². The molecule has 0 fully saturated rings. The molecule has 24 heavy (non-hydrogen) atoms. The first-order valence-corrected chi connectivity index (χ1v) is 10.1. The normalized spacial score (nSPS) is 13.0. The topological polar surface area (TPSA) is 75.3 Å². The number of amides is 1. The van der Waals surface area contributed by atoms with Gasteiger partial charge in [-0.15, -0.1) is 11.3 Å². The van der Waals surface area contributed by atoms with Crippen LogP contribution in [-0.4, -0.2) is 20.4 Å². The van der Waals surface area contributed by atoms with Crippen molar-refractivity contribution in [2.75, 3.05) is 5.32 Å². The van der Waals surface area contributed by atoms with Crippen molar-refractivity contribution < 1.29 is 13.2 Å². The molecule has 2 N–H and O–H groups in total. The van der Waals surface area contributed by atoms with Crippen molar-refractivity contribution >= 4 is 44.6 Å². The predicted octanol–water partition coefficient (Wildman–Crippen LogP) is 3.65. The number of nitrogens with one attached hydrogen (secondary N) is 2. The first-order valence-electron chi connectivity index (χ1n) is 7.33. The Kier molecular flexibility index (Phi) is 6.03. The van der Waals surface area contributed by atoms with Crippen molar-refractivity contribution in [3.63, 3.8) is 0 Å². The number of hydrogen-bond acceptors (Lipinski definition) is 4. The van der Waals surface area contributed by atoms with Crippen molar-refractivity contribution in [3.05, 3.63) is 46.3 Å². The lowest BCUT2D eigenvalue weighted by Gasteiger charge is -2.22. The van der Waals surface area contributed by atoms with E-state index in [0.717, 1.165) is 16.9 Å². The van der Waals surface area contributed by atoms with Gasteiger partial charge in [0.05, 0.1) is 0 Å². The number of aryl methyl sites for hydroxylation is 1. The minimum atomic E-state index is -3.74. The lowest BCUT2D eigenvalue weighted by Crippen LogP contribution is -2.46. The zero-order chi connectivity index (χ0) is 17.9. The second-order valence-electron chi connectivity index (χ2n) is 5.72. The molecule has 1 heterocycles. The van der Waals surface area contributed by atoms with E-state index in [9.17, 15) is 13.2 Å². The third-order valence-electron chi connectivity index (χ3n) is 3.45. The first kappa shape index (κ1) is 18.9. The number of rotatable bonds is 6. The Morgan fingerprint density at radius 1 is 1.25 bits per heavy atom. The van der Waals surface area contributed by atoms with Gasteiger partial charge < -0.3 is 5.32 Å². The second-order valence-corrected chi connectivity index (χ2v) is 9.05. The molecule has 1 atom stereocenters. The number of hydrogen-bond donors (Lipinski definition) is 2. The molecule has 8 heteroatoms. The maximum Gasteiger partial charge on any atom is 0.250 e. The largest absolute Gasteiger partial charge is 0.324 e. The Bertz CT molecular complexity index is 818. The molecule has 0 aliphatic heterocycles. The van der Waals surface area contributed by atoms with Crippen LogP contribution in [0.2, 0.25) is 5.02 Å². The molecule has 1 unspecified atom stereocenters. The Hall–Kier alpha value is -1.41. The van der Waals surface area contributed by atoms with Gasteiger partial charge in [-0.05, 0) is 42.0 Å². The van der Waals surface area contributed by atoms with Gasteiger partial charge in [-0.25, -0.2) is 8.42 Å². The monoisotopic (exact) mass is 386 g/mol. The summed E-state index contributed by atoms with van der Waals surface area (Å²) in [6.07, 6.45) is 0. The molecule has 0 bridgehead atoms. The molecule has 0 aliphatic rings. The average Bonchev–Trinajstić information content (AvgIpc) is 3.03. The number of carbonyl (C=O) groups excluding carboxylic acids is 1. The van der Waals surface area contributed by atoms with E-state index in [1.807, 2.05) is 6.92 Å². The van der Waals surface area contributed by atoms with E-state index in [1.54, 1.807) is 43.5 Å². The minimum absolute atomic E-state index is 0.180. The van der Waals surface area contributed by atoms with Crippen LogP contribution in [0.1, 0.15) is 19.4 Å². The summed E-state index contributed by atoms with van der Waals surface area (Å²) >= 11 is 7.06. The van der Waals surface area contributed by atoms with Crippen molar-refractivity contribution in [2.24, 2.45) is 5.92 Å². The zero-order valence-electron chi connectivity index (χ0n) is 13.5. The molecular weight excluding hydrogens is 368 g/mol. The summed E-state index contributed by atoms with van der Waals surface area (Å²) in [4.78, 5) is 12.6. The van der Waals surface area contributed by atoms with Gasteiger partial charge in [0.2, 0.25) is 5.91 Å². The Morgan fingerprint density at radius 3 is 2.54 bits per heavy atom. The minimum Gasteiger partial charge on any atom is -0.324 e. The van der Waals surface area contributed by atoms with Gasteiger partial charge in [0.25, 0.3) is 10.0 Å². The van der Waals surface area contributed by atoms with E-state index in [4.69, 9.17) is 11.6 Å². The Morgan fingerprint density at radius 2 is 1.96 bits per heavy atom. The van der Waals surface area contributed by atoms with E-state index in [2.05, 4.69) is 10.0 Å². The van der Waals surface area contributed by atoms with E-state index in [0.29, 0.717) is 10.7 Å². The van der Waals surface area contributed by atoms with Gasteiger partial charge in [-0.1, -0.05) is 37.6 Å². The van der Waals surface area contributed by atoms with E-state index in [1.165, 1.54) is 6.07 Å². The molecule has 1 amide bonds. The highest BCUT2D eigenvalue weighted by Gasteiger charge is 2.29. The average molecular weight is 387 g/mol. The second kappa shape index (κ2) is 7.65. The highest BCUT2D eigenvalue weighted by atomic mass is 35.5. The third-order valence-corrected chi connectivity index (χ3v) is 6.52. The smallest absolute Gasteiger partial charge is 0.250 e.